The third-order valence-electron chi connectivity index (χ3n) is 2.49. The van der Waals surface area contributed by atoms with Crippen LogP contribution in [0.5, 0.6) is 11.5 Å². The number of aliphatic hydroxyl groups excluding tert-OH is 1. The molecule has 0 aliphatic heterocycles. The van der Waals surface area contributed by atoms with Gasteiger partial charge in [0.1, 0.15) is 0 Å². The summed E-state index contributed by atoms with van der Waals surface area (Å²) in [4.78, 5) is 2.06. The fourth-order valence-electron chi connectivity index (χ4n) is 1.61. The molecule has 0 saturated carbocycles. The van der Waals surface area contributed by atoms with Gasteiger partial charge in [0, 0.05) is 9.75 Å². The van der Waals surface area contributed by atoms with Crippen molar-refractivity contribution in [1.29, 1.82) is 0 Å². The molecule has 0 unspecified atom stereocenters. The Labute approximate surface area is 104 Å². The van der Waals surface area contributed by atoms with Gasteiger partial charge in [-0.3, -0.25) is 0 Å². The van der Waals surface area contributed by atoms with Crippen LogP contribution in [0, 0.1) is 0 Å². The van der Waals surface area contributed by atoms with E-state index in [1.54, 1.807) is 25.6 Å². The quantitative estimate of drug-likeness (QED) is 0.906. The number of benzene rings is 1. The van der Waals surface area contributed by atoms with E-state index in [1.807, 2.05) is 30.3 Å². The van der Waals surface area contributed by atoms with Crippen molar-refractivity contribution >= 4 is 11.3 Å². The molecule has 0 atom stereocenters. The fraction of sp³-hybridized carbons (Fsp3) is 0.231. The van der Waals surface area contributed by atoms with Gasteiger partial charge in [0.2, 0.25) is 0 Å². The number of ether oxygens (including phenoxy) is 2. The van der Waals surface area contributed by atoms with E-state index in [0.29, 0.717) is 5.75 Å². The standard InChI is InChI=1S/C13H14O3S/c1-15-11-5-3-9(7-12(11)16-2)13-6-4-10(8-14)17-13/h3-7,14H,8H2,1-2H3. The van der Waals surface area contributed by atoms with Crippen molar-refractivity contribution in [3.05, 3.63) is 35.2 Å². The Kier molecular flexibility index (Phi) is 3.66. The second-order valence-corrected chi connectivity index (χ2v) is 4.66. The molecule has 1 aromatic carbocycles. The van der Waals surface area contributed by atoms with Crippen LogP contribution in [0.4, 0.5) is 0 Å². The Morgan fingerprint density at radius 1 is 1.06 bits per heavy atom. The number of rotatable bonds is 4. The molecule has 17 heavy (non-hydrogen) atoms. The maximum atomic E-state index is 9.05. The lowest BCUT2D eigenvalue weighted by Crippen LogP contribution is -1.90. The first-order valence-electron chi connectivity index (χ1n) is 5.20. The Balaban J connectivity index is 2.38. The summed E-state index contributed by atoms with van der Waals surface area (Å²) in [6, 6.07) is 9.72. The highest BCUT2D eigenvalue weighted by Gasteiger charge is 2.07. The van der Waals surface area contributed by atoms with E-state index in [2.05, 4.69) is 0 Å². The van der Waals surface area contributed by atoms with Gasteiger partial charge in [-0.25, -0.2) is 0 Å². The van der Waals surface area contributed by atoms with Crippen molar-refractivity contribution in [2.75, 3.05) is 14.2 Å². The van der Waals surface area contributed by atoms with Gasteiger partial charge in [-0.05, 0) is 35.9 Å². The Morgan fingerprint density at radius 2 is 1.82 bits per heavy atom. The minimum atomic E-state index is 0.0813. The molecule has 0 saturated heterocycles. The third-order valence-corrected chi connectivity index (χ3v) is 3.60. The van der Waals surface area contributed by atoms with E-state index in [0.717, 1.165) is 21.1 Å². The average Bonchev–Trinajstić information content (AvgIpc) is 2.86. The molecule has 90 valence electrons. The van der Waals surface area contributed by atoms with Gasteiger partial charge in [-0.1, -0.05) is 0 Å². The van der Waals surface area contributed by atoms with Crippen LogP contribution < -0.4 is 9.47 Å². The van der Waals surface area contributed by atoms with Gasteiger partial charge in [0.15, 0.2) is 11.5 Å². The summed E-state index contributed by atoms with van der Waals surface area (Å²) in [5.74, 6) is 1.43. The van der Waals surface area contributed by atoms with Crippen LogP contribution in [0.1, 0.15) is 4.88 Å². The smallest absolute Gasteiger partial charge is 0.161 e. The summed E-state index contributed by atoms with van der Waals surface area (Å²) in [6.07, 6.45) is 0. The fourth-order valence-corrected chi connectivity index (χ4v) is 2.47. The predicted molar refractivity (Wildman–Crippen MR) is 68.8 cm³/mol. The number of hydrogen-bond acceptors (Lipinski definition) is 4. The first-order chi connectivity index (χ1) is 8.28. The Bertz CT molecular complexity index is 505. The van der Waals surface area contributed by atoms with Crippen molar-refractivity contribution < 1.29 is 14.6 Å². The van der Waals surface area contributed by atoms with Crippen LogP contribution in [-0.4, -0.2) is 19.3 Å². The summed E-state index contributed by atoms with van der Waals surface area (Å²) in [5, 5.41) is 9.05. The molecular weight excluding hydrogens is 236 g/mol. The topological polar surface area (TPSA) is 38.7 Å². The van der Waals surface area contributed by atoms with Crippen molar-refractivity contribution in [1.82, 2.24) is 0 Å². The molecule has 0 bridgehead atoms. The van der Waals surface area contributed by atoms with E-state index in [1.165, 1.54) is 0 Å². The zero-order valence-corrected chi connectivity index (χ0v) is 10.6. The van der Waals surface area contributed by atoms with Gasteiger partial charge in [-0.15, -0.1) is 11.3 Å². The maximum absolute atomic E-state index is 9.05. The van der Waals surface area contributed by atoms with Gasteiger partial charge in [0.25, 0.3) is 0 Å². The molecule has 2 aromatic rings. The zero-order chi connectivity index (χ0) is 12.3. The van der Waals surface area contributed by atoms with Gasteiger partial charge in [-0.2, -0.15) is 0 Å². The summed E-state index contributed by atoms with van der Waals surface area (Å²) < 4.78 is 10.5. The second kappa shape index (κ2) is 5.21. The molecule has 4 heteroatoms. The summed E-state index contributed by atoms with van der Waals surface area (Å²) in [6.45, 7) is 0.0813. The first-order valence-corrected chi connectivity index (χ1v) is 6.02. The number of methoxy groups -OCH3 is 2. The normalized spacial score (nSPS) is 10.3. The van der Waals surface area contributed by atoms with E-state index in [-0.39, 0.29) is 6.61 Å². The van der Waals surface area contributed by atoms with Gasteiger partial charge >= 0.3 is 0 Å². The van der Waals surface area contributed by atoms with E-state index in [4.69, 9.17) is 14.6 Å². The van der Waals surface area contributed by atoms with Crippen LogP contribution in [0.25, 0.3) is 10.4 Å². The molecule has 0 aliphatic carbocycles. The average molecular weight is 250 g/mol. The molecule has 1 N–H and O–H groups in total. The van der Waals surface area contributed by atoms with Gasteiger partial charge in [0.05, 0.1) is 20.8 Å². The summed E-state index contributed by atoms with van der Waals surface area (Å²) in [7, 11) is 3.24. The highest BCUT2D eigenvalue weighted by molar-refractivity contribution is 7.15. The SMILES string of the molecule is COc1ccc(-c2ccc(CO)s2)cc1OC. The lowest BCUT2D eigenvalue weighted by Gasteiger charge is -2.08. The maximum Gasteiger partial charge on any atom is 0.161 e. The Morgan fingerprint density at radius 3 is 2.41 bits per heavy atom. The molecule has 1 aromatic heterocycles. The predicted octanol–water partition coefficient (Wildman–Crippen LogP) is 2.92. The molecule has 1 heterocycles. The molecule has 0 radical (unpaired) electrons. The molecule has 0 aliphatic rings. The highest BCUT2D eigenvalue weighted by atomic mass is 32.1. The second-order valence-electron chi connectivity index (χ2n) is 3.49. The van der Waals surface area contributed by atoms with Crippen LogP contribution in [0.2, 0.25) is 0 Å². The van der Waals surface area contributed by atoms with Crippen LogP contribution in [-0.2, 0) is 6.61 Å². The third kappa shape index (κ3) is 2.43. The first kappa shape index (κ1) is 12.0. The molecule has 0 fully saturated rings. The molecular formula is C13H14O3S. The zero-order valence-electron chi connectivity index (χ0n) is 9.77. The lowest BCUT2D eigenvalue weighted by atomic mass is 10.1. The summed E-state index contributed by atoms with van der Waals surface area (Å²) in [5.41, 5.74) is 1.06. The van der Waals surface area contributed by atoms with Gasteiger partial charge < -0.3 is 14.6 Å². The monoisotopic (exact) mass is 250 g/mol. The van der Waals surface area contributed by atoms with Crippen molar-refractivity contribution in [3.8, 4) is 21.9 Å². The number of thiophene rings is 1. The van der Waals surface area contributed by atoms with Crippen LogP contribution in [0.15, 0.2) is 30.3 Å². The molecule has 3 nitrogen and oxygen atoms in total. The van der Waals surface area contributed by atoms with E-state index in [9.17, 15) is 0 Å². The number of hydrogen-bond donors (Lipinski definition) is 1. The highest BCUT2D eigenvalue weighted by Crippen LogP contribution is 2.35. The summed E-state index contributed by atoms with van der Waals surface area (Å²) >= 11 is 1.57. The lowest BCUT2D eigenvalue weighted by molar-refractivity contribution is 0.285. The Hall–Kier alpha value is -1.52. The molecule has 0 spiro atoms. The minimum absolute atomic E-state index is 0.0813. The number of aliphatic hydroxyl groups is 1. The largest absolute Gasteiger partial charge is 0.493 e. The van der Waals surface area contributed by atoms with E-state index < -0.39 is 0 Å². The van der Waals surface area contributed by atoms with Crippen molar-refractivity contribution in [2.24, 2.45) is 0 Å². The van der Waals surface area contributed by atoms with Crippen molar-refractivity contribution in [3.63, 3.8) is 0 Å². The van der Waals surface area contributed by atoms with Crippen molar-refractivity contribution in [2.45, 2.75) is 6.61 Å². The van der Waals surface area contributed by atoms with E-state index >= 15 is 0 Å². The minimum Gasteiger partial charge on any atom is -0.493 e. The van der Waals surface area contributed by atoms with Crippen LogP contribution in [0.3, 0.4) is 0 Å². The molecule has 0 amide bonds. The molecule has 2 rings (SSSR count). The van der Waals surface area contributed by atoms with Crippen LogP contribution >= 0.6 is 11.3 Å².